The van der Waals surface area contributed by atoms with E-state index in [0.29, 0.717) is 36.6 Å². The van der Waals surface area contributed by atoms with Crippen LogP contribution in [0.4, 0.5) is 0 Å². The molecule has 160 valence electrons. The van der Waals surface area contributed by atoms with Gasteiger partial charge in [-0.25, -0.2) is 0 Å². The number of oxime groups is 2. The van der Waals surface area contributed by atoms with Gasteiger partial charge in [0, 0.05) is 13.1 Å². The van der Waals surface area contributed by atoms with Crippen molar-refractivity contribution in [2.24, 2.45) is 22.1 Å². The lowest BCUT2D eigenvalue weighted by atomic mass is 9.87. The molecule has 0 radical (unpaired) electrons. The van der Waals surface area contributed by atoms with Gasteiger partial charge in [0.25, 0.3) is 0 Å². The molecule has 1 saturated heterocycles. The first-order valence-electron chi connectivity index (χ1n) is 10.6. The lowest BCUT2D eigenvalue weighted by Gasteiger charge is -2.50. The second kappa shape index (κ2) is 9.65. The van der Waals surface area contributed by atoms with Crippen LogP contribution < -0.4 is 0 Å². The van der Waals surface area contributed by atoms with Crippen molar-refractivity contribution in [3.63, 3.8) is 0 Å². The molecule has 0 spiro atoms. The summed E-state index contributed by atoms with van der Waals surface area (Å²) in [5, 5.41) is 27.2. The zero-order chi connectivity index (χ0) is 21.7. The SMILES string of the molecule is CC(C)CN1C(=NO)C(=NO)N(CC(C)C)C(c2ccccc2)C1c1ccccc1. The molecule has 6 nitrogen and oxygen atoms in total. The summed E-state index contributed by atoms with van der Waals surface area (Å²) >= 11 is 0. The van der Waals surface area contributed by atoms with Crippen molar-refractivity contribution in [3.05, 3.63) is 71.8 Å². The topological polar surface area (TPSA) is 71.7 Å². The van der Waals surface area contributed by atoms with Gasteiger partial charge in [-0.15, -0.1) is 0 Å². The van der Waals surface area contributed by atoms with Gasteiger partial charge in [-0.05, 0) is 23.0 Å². The Morgan fingerprint density at radius 1 is 0.667 bits per heavy atom. The molecule has 0 aromatic heterocycles. The predicted octanol–water partition coefficient (Wildman–Crippen LogP) is 4.97. The molecule has 2 atom stereocenters. The number of benzene rings is 2. The van der Waals surface area contributed by atoms with Crippen LogP contribution in [0.25, 0.3) is 0 Å². The van der Waals surface area contributed by atoms with E-state index < -0.39 is 0 Å². The van der Waals surface area contributed by atoms with Crippen LogP contribution in [0.1, 0.15) is 50.9 Å². The second-order valence-corrected chi connectivity index (χ2v) is 8.65. The molecule has 2 aromatic carbocycles. The lowest BCUT2D eigenvalue weighted by Crippen LogP contribution is -2.58. The lowest BCUT2D eigenvalue weighted by molar-refractivity contribution is 0.127. The maximum atomic E-state index is 9.98. The molecule has 1 heterocycles. The van der Waals surface area contributed by atoms with E-state index in [9.17, 15) is 10.4 Å². The molecule has 1 aliphatic rings. The molecule has 0 amide bonds. The maximum absolute atomic E-state index is 9.98. The third-order valence-corrected chi connectivity index (χ3v) is 5.31. The highest BCUT2D eigenvalue weighted by Crippen LogP contribution is 2.43. The van der Waals surface area contributed by atoms with Gasteiger partial charge >= 0.3 is 0 Å². The highest BCUT2D eigenvalue weighted by atomic mass is 16.4. The smallest absolute Gasteiger partial charge is 0.215 e. The zero-order valence-corrected chi connectivity index (χ0v) is 18.2. The van der Waals surface area contributed by atoms with Crippen molar-refractivity contribution in [3.8, 4) is 0 Å². The summed E-state index contributed by atoms with van der Waals surface area (Å²) in [5.41, 5.74) is 2.25. The fourth-order valence-electron chi connectivity index (χ4n) is 4.28. The van der Waals surface area contributed by atoms with E-state index in [1.807, 2.05) is 36.4 Å². The number of hydrogen-bond acceptors (Lipinski definition) is 4. The Hall–Kier alpha value is -3.02. The van der Waals surface area contributed by atoms with Gasteiger partial charge in [0.1, 0.15) is 0 Å². The molecule has 3 rings (SSSR count). The summed E-state index contributed by atoms with van der Waals surface area (Å²) in [4.78, 5) is 4.15. The van der Waals surface area contributed by atoms with E-state index in [1.165, 1.54) is 0 Å². The van der Waals surface area contributed by atoms with Crippen LogP contribution in [-0.2, 0) is 0 Å². The van der Waals surface area contributed by atoms with Crippen LogP contribution in [0.5, 0.6) is 0 Å². The van der Waals surface area contributed by atoms with Crippen LogP contribution in [0.2, 0.25) is 0 Å². The Bertz CT molecular complexity index is 792. The normalized spacial score (nSPS) is 22.5. The maximum Gasteiger partial charge on any atom is 0.215 e. The summed E-state index contributed by atoms with van der Waals surface area (Å²) in [5.74, 6) is 1.24. The molecule has 0 saturated carbocycles. The quantitative estimate of drug-likeness (QED) is 0.523. The average molecular weight is 409 g/mol. The van der Waals surface area contributed by atoms with E-state index in [-0.39, 0.29) is 12.1 Å². The first kappa shape index (κ1) is 21.7. The number of rotatable bonds is 6. The molecule has 0 bridgehead atoms. The van der Waals surface area contributed by atoms with E-state index in [0.717, 1.165) is 11.1 Å². The second-order valence-electron chi connectivity index (χ2n) is 8.65. The summed E-state index contributed by atoms with van der Waals surface area (Å²) in [6.07, 6.45) is 0. The highest BCUT2D eigenvalue weighted by molar-refractivity contribution is 6.40. The van der Waals surface area contributed by atoms with E-state index in [1.54, 1.807) is 0 Å². The summed E-state index contributed by atoms with van der Waals surface area (Å²) < 4.78 is 0. The van der Waals surface area contributed by atoms with Crippen LogP contribution in [-0.4, -0.2) is 45.0 Å². The number of hydrogen-bond donors (Lipinski definition) is 2. The molecular formula is C24H32N4O2. The number of nitrogens with zero attached hydrogens (tertiary/aromatic N) is 4. The Morgan fingerprint density at radius 3 is 1.27 bits per heavy atom. The van der Waals surface area contributed by atoms with E-state index in [2.05, 4.69) is 72.1 Å². The highest BCUT2D eigenvalue weighted by Gasteiger charge is 2.45. The standard InChI is InChI=1S/C24H32N4O2/c1-17(2)15-27-21(19-11-7-5-8-12-19)22(20-13-9-6-10-14-20)28(16-18(3)4)24(26-30)23(27)25-29/h5-14,17-18,21-22,29-30H,15-16H2,1-4H3. The fourth-order valence-corrected chi connectivity index (χ4v) is 4.28. The van der Waals surface area contributed by atoms with Crippen molar-refractivity contribution < 1.29 is 10.4 Å². The van der Waals surface area contributed by atoms with Crippen molar-refractivity contribution in [2.45, 2.75) is 39.8 Å². The minimum absolute atomic E-state index is 0.105. The Labute approximate surface area is 179 Å². The molecule has 6 heteroatoms. The summed E-state index contributed by atoms with van der Waals surface area (Å²) in [6.45, 7) is 9.85. The first-order valence-corrected chi connectivity index (χ1v) is 10.6. The van der Waals surface area contributed by atoms with Gasteiger partial charge in [0.15, 0.2) is 0 Å². The first-order chi connectivity index (χ1) is 14.5. The molecule has 0 aliphatic carbocycles. The third-order valence-electron chi connectivity index (χ3n) is 5.31. The monoisotopic (exact) mass is 408 g/mol. The minimum Gasteiger partial charge on any atom is -0.409 e. The van der Waals surface area contributed by atoms with Gasteiger partial charge in [-0.1, -0.05) is 98.7 Å². The van der Waals surface area contributed by atoms with Crippen LogP contribution in [0.15, 0.2) is 71.0 Å². The average Bonchev–Trinajstić information content (AvgIpc) is 2.74. The fraction of sp³-hybridized carbons (Fsp3) is 0.417. The van der Waals surface area contributed by atoms with Crippen molar-refractivity contribution >= 4 is 11.7 Å². The molecule has 2 aromatic rings. The Morgan fingerprint density at radius 2 is 1.00 bits per heavy atom. The van der Waals surface area contributed by atoms with Gasteiger partial charge < -0.3 is 20.2 Å². The zero-order valence-electron chi connectivity index (χ0n) is 18.2. The summed E-state index contributed by atoms with van der Waals surface area (Å²) in [6, 6.07) is 20.4. The van der Waals surface area contributed by atoms with E-state index >= 15 is 0 Å². The minimum atomic E-state index is -0.105. The van der Waals surface area contributed by atoms with Crippen LogP contribution in [0.3, 0.4) is 0 Å². The van der Waals surface area contributed by atoms with Gasteiger partial charge in [-0.3, -0.25) is 0 Å². The molecule has 1 aliphatic heterocycles. The molecule has 2 unspecified atom stereocenters. The molecule has 1 fully saturated rings. The van der Waals surface area contributed by atoms with Gasteiger partial charge in [-0.2, -0.15) is 0 Å². The van der Waals surface area contributed by atoms with Crippen molar-refractivity contribution in [1.82, 2.24) is 9.80 Å². The van der Waals surface area contributed by atoms with Gasteiger partial charge in [0.05, 0.1) is 12.1 Å². The largest absolute Gasteiger partial charge is 0.409 e. The number of amidine groups is 2. The summed E-state index contributed by atoms with van der Waals surface area (Å²) in [7, 11) is 0. The van der Waals surface area contributed by atoms with Gasteiger partial charge in [0.2, 0.25) is 11.7 Å². The van der Waals surface area contributed by atoms with Crippen LogP contribution >= 0.6 is 0 Å². The Balaban J connectivity index is 2.26. The number of piperazine rings is 1. The van der Waals surface area contributed by atoms with Crippen LogP contribution in [0, 0.1) is 11.8 Å². The Kier molecular flexibility index (Phi) is 6.98. The van der Waals surface area contributed by atoms with Crippen molar-refractivity contribution in [1.29, 1.82) is 0 Å². The third kappa shape index (κ3) is 4.42. The van der Waals surface area contributed by atoms with Crippen molar-refractivity contribution in [2.75, 3.05) is 13.1 Å². The molecular weight excluding hydrogens is 376 g/mol. The molecule has 2 N–H and O–H groups in total. The molecule has 30 heavy (non-hydrogen) atoms. The predicted molar refractivity (Wildman–Crippen MR) is 120 cm³/mol. The van der Waals surface area contributed by atoms with E-state index in [4.69, 9.17) is 0 Å².